The van der Waals surface area contributed by atoms with E-state index < -0.39 is 4.92 Å². The number of nitrogens with one attached hydrogen (secondary N) is 1. The first-order valence-corrected chi connectivity index (χ1v) is 17.4. The Balaban J connectivity index is 0.00000561. The Morgan fingerprint density at radius 1 is 1.13 bits per heavy atom. The van der Waals surface area contributed by atoms with Crippen LogP contribution in [0.4, 0.5) is 33.8 Å². The van der Waals surface area contributed by atoms with Gasteiger partial charge in [0.2, 0.25) is 18.2 Å². The number of piperidine rings is 1. The number of carbonyl (C=O) groups is 2. The second-order valence-corrected chi connectivity index (χ2v) is 13.9. The highest BCUT2D eigenvalue weighted by molar-refractivity contribution is 6.35. The van der Waals surface area contributed by atoms with E-state index in [1.165, 1.54) is 20.5 Å². The Kier molecular flexibility index (Phi) is 12.4. The number of methoxy groups -OCH3 is 2. The molecule has 2 aliphatic rings. The van der Waals surface area contributed by atoms with Crippen LogP contribution in [-0.4, -0.2) is 99.8 Å². The van der Waals surface area contributed by atoms with Crippen molar-refractivity contribution in [1.82, 2.24) is 24.4 Å². The number of urea groups is 1. The van der Waals surface area contributed by atoms with Gasteiger partial charge in [0.25, 0.3) is 0 Å². The lowest BCUT2D eigenvalue weighted by molar-refractivity contribution is -0.898. The highest BCUT2D eigenvalue weighted by Crippen LogP contribution is 2.43. The number of likely N-dealkylation sites (N-methyl/N-ethyl adjacent to an activating group) is 1. The zero-order valence-corrected chi connectivity index (χ0v) is 33.0. The molecule has 3 amide bonds. The van der Waals surface area contributed by atoms with Gasteiger partial charge in [-0.1, -0.05) is 29.8 Å². The van der Waals surface area contributed by atoms with Crippen LogP contribution in [0.5, 0.6) is 11.5 Å². The number of imidazole rings is 1. The van der Waals surface area contributed by atoms with Crippen LogP contribution >= 0.6 is 11.6 Å². The Bertz CT molecular complexity index is 2040. The Morgan fingerprint density at radius 3 is 2.52 bits per heavy atom. The fraction of sp³-hybridized carbons (Fsp3) is 0.361. The highest BCUT2D eigenvalue weighted by Gasteiger charge is 2.40. The SMILES string of the molecule is COc1cc(OC)c(Cl)c(N2Cc3cnc(Nc4ccccc4)nc3N(C3CCN(C(=O)/C=C/C[N+](C)(C)Cc4c([N+](=O)[O-])ncn4C)CC3)C2=O)c1.[Br-]. The van der Waals surface area contributed by atoms with Crippen LogP contribution in [0.1, 0.15) is 24.1 Å². The molecule has 0 bridgehead atoms. The van der Waals surface area contributed by atoms with Gasteiger partial charge in [-0.05, 0) is 41.0 Å². The van der Waals surface area contributed by atoms with Gasteiger partial charge in [0, 0.05) is 61.8 Å². The maximum absolute atomic E-state index is 14.5. The summed E-state index contributed by atoms with van der Waals surface area (Å²) in [6, 6.07) is 12.3. The number of hydrogen-bond donors (Lipinski definition) is 1. The third kappa shape index (κ3) is 8.58. The average molecular weight is 826 g/mol. The molecule has 16 nitrogen and oxygen atoms in total. The minimum atomic E-state index is -0.482. The summed E-state index contributed by atoms with van der Waals surface area (Å²) in [5.74, 6) is 1.37. The van der Waals surface area contributed by atoms with E-state index in [1.54, 1.807) is 56.8 Å². The molecule has 2 aromatic heterocycles. The number of fused-ring (bicyclic) bond motifs is 1. The van der Waals surface area contributed by atoms with Crippen molar-refractivity contribution in [3.63, 3.8) is 0 Å². The van der Waals surface area contributed by atoms with E-state index in [9.17, 15) is 19.7 Å². The molecule has 18 heteroatoms. The number of aryl methyl sites for hydroxylation is 1. The van der Waals surface area contributed by atoms with Gasteiger partial charge in [0.1, 0.15) is 28.9 Å². The topological polar surface area (TPSA) is 161 Å². The van der Waals surface area contributed by atoms with Gasteiger partial charge >= 0.3 is 11.8 Å². The molecule has 1 saturated heterocycles. The first-order valence-electron chi connectivity index (χ1n) is 17.0. The van der Waals surface area contributed by atoms with Crippen LogP contribution in [0.15, 0.2) is 67.1 Å². The number of hydrogen-bond acceptors (Lipinski definition) is 10. The summed E-state index contributed by atoms with van der Waals surface area (Å²) in [5.41, 5.74) is 2.46. The third-order valence-corrected chi connectivity index (χ3v) is 9.77. The first-order chi connectivity index (χ1) is 25.4. The largest absolute Gasteiger partial charge is 1.00 e. The van der Waals surface area contributed by atoms with E-state index in [-0.39, 0.29) is 52.3 Å². The number of anilines is 4. The number of nitro groups is 1. The molecule has 0 aliphatic carbocycles. The molecule has 54 heavy (non-hydrogen) atoms. The molecular formula is C36H42BrClN10O6. The highest BCUT2D eigenvalue weighted by atomic mass is 79.9. The molecule has 0 atom stereocenters. The van der Waals surface area contributed by atoms with Gasteiger partial charge < -0.3 is 55.8 Å². The second kappa shape index (κ2) is 16.8. The van der Waals surface area contributed by atoms with Crippen LogP contribution in [-0.2, 0) is 24.9 Å². The van der Waals surface area contributed by atoms with Gasteiger partial charge in [-0.15, -0.1) is 0 Å². The zero-order valence-electron chi connectivity index (χ0n) is 30.6. The summed E-state index contributed by atoms with van der Waals surface area (Å²) >= 11 is 6.78. The van der Waals surface area contributed by atoms with E-state index in [1.807, 2.05) is 44.4 Å². The zero-order chi connectivity index (χ0) is 37.9. The molecule has 2 aliphatic heterocycles. The van der Waals surface area contributed by atoms with Crippen LogP contribution < -0.4 is 41.6 Å². The number of benzene rings is 2. The van der Waals surface area contributed by atoms with Gasteiger partial charge in [-0.2, -0.15) is 4.98 Å². The lowest BCUT2D eigenvalue weighted by atomic mass is 10.0. The number of rotatable bonds is 12. The van der Waals surface area contributed by atoms with Gasteiger partial charge in [0.15, 0.2) is 5.69 Å². The Hall–Kier alpha value is -5.26. The summed E-state index contributed by atoms with van der Waals surface area (Å²) in [7, 11) is 8.63. The summed E-state index contributed by atoms with van der Waals surface area (Å²) in [4.78, 5) is 57.2. The number of halogens is 2. The normalized spacial score (nSPS) is 14.9. The fourth-order valence-corrected chi connectivity index (χ4v) is 6.85. The number of aromatic nitrogens is 4. The van der Waals surface area contributed by atoms with Gasteiger partial charge in [-0.3, -0.25) is 14.6 Å². The summed E-state index contributed by atoms with van der Waals surface area (Å²) in [6.45, 7) is 1.83. The van der Waals surface area contributed by atoms with Crippen molar-refractivity contribution in [1.29, 1.82) is 0 Å². The Morgan fingerprint density at radius 2 is 1.85 bits per heavy atom. The second-order valence-electron chi connectivity index (χ2n) is 13.6. The molecule has 2 aromatic carbocycles. The molecule has 0 unspecified atom stereocenters. The molecule has 0 radical (unpaired) electrons. The number of para-hydroxylation sites is 1. The predicted molar refractivity (Wildman–Crippen MR) is 200 cm³/mol. The number of carbonyl (C=O) groups excluding carboxylic acids is 2. The van der Waals surface area contributed by atoms with Crippen LogP contribution in [0.25, 0.3) is 0 Å². The van der Waals surface area contributed by atoms with Crippen LogP contribution in [0, 0.1) is 10.1 Å². The van der Waals surface area contributed by atoms with Crippen molar-refractivity contribution in [2.45, 2.75) is 32.0 Å². The van der Waals surface area contributed by atoms with Crippen molar-refractivity contribution in [3.05, 3.63) is 93.5 Å². The van der Waals surface area contributed by atoms with Crippen molar-refractivity contribution in [2.24, 2.45) is 7.05 Å². The van der Waals surface area contributed by atoms with E-state index in [0.29, 0.717) is 78.2 Å². The van der Waals surface area contributed by atoms with Gasteiger partial charge in [0.05, 0.1) is 47.1 Å². The van der Waals surface area contributed by atoms with Crippen molar-refractivity contribution in [3.8, 4) is 11.5 Å². The van der Waals surface area contributed by atoms with E-state index in [0.717, 1.165) is 11.3 Å². The molecule has 1 N–H and O–H groups in total. The maximum atomic E-state index is 14.5. The molecule has 286 valence electrons. The average Bonchev–Trinajstić information content (AvgIpc) is 3.51. The van der Waals surface area contributed by atoms with E-state index >= 15 is 0 Å². The van der Waals surface area contributed by atoms with Gasteiger partial charge in [-0.25, -0.2) is 9.78 Å². The Labute approximate surface area is 328 Å². The molecular weight excluding hydrogens is 784 g/mol. The summed E-state index contributed by atoms with van der Waals surface area (Å²) < 4.78 is 13.0. The van der Waals surface area contributed by atoms with Crippen LogP contribution in [0.2, 0.25) is 5.02 Å². The minimum Gasteiger partial charge on any atom is -1.00 e. The summed E-state index contributed by atoms with van der Waals surface area (Å²) in [6.07, 6.45) is 7.50. The van der Waals surface area contributed by atoms with Crippen molar-refractivity contribution < 1.29 is 45.5 Å². The number of ether oxygens (including phenoxy) is 2. The monoisotopic (exact) mass is 824 g/mol. The number of likely N-dealkylation sites (tertiary alicyclic amines) is 1. The number of nitrogens with zero attached hydrogens (tertiary/aromatic N) is 9. The van der Waals surface area contributed by atoms with Crippen LogP contribution in [0.3, 0.4) is 0 Å². The quantitative estimate of drug-likeness (QED) is 0.0973. The predicted octanol–water partition coefficient (Wildman–Crippen LogP) is 2.31. The molecule has 0 saturated carbocycles. The smallest absolute Gasteiger partial charge is 0.390 e. The number of quaternary nitrogens is 1. The van der Waals surface area contributed by atoms with Crippen molar-refractivity contribution in [2.75, 3.05) is 63.1 Å². The third-order valence-electron chi connectivity index (χ3n) is 9.39. The molecule has 1 fully saturated rings. The lowest BCUT2D eigenvalue weighted by Crippen LogP contribution is -3.00. The minimum absolute atomic E-state index is 0. The van der Waals surface area contributed by atoms with Crippen molar-refractivity contribution >= 4 is 52.5 Å². The first kappa shape index (κ1) is 39.9. The fourth-order valence-electron chi connectivity index (χ4n) is 6.56. The maximum Gasteiger partial charge on any atom is 0.390 e. The number of amides is 3. The van der Waals surface area contributed by atoms with E-state index in [4.69, 9.17) is 26.1 Å². The molecule has 0 spiro atoms. The standard InChI is InChI=1S/C36H42ClN10O6.BrH/c1-42-23-39-34(46(50)51)29(42)22-47(2,3)17-9-12-31(48)43-15-13-26(14-16-43)45-33-24(20-38-35(41-33)40-25-10-7-6-8-11-25)21-44(36(45)49)28-18-27(52-4)19-30(53-5)32(28)37;/h6-12,18-20,23,26H,13-17,21-22H2,1-5H3,(H,38,40,41);1H/q+1;/p-1/b12-9+;. The molecule has 6 rings (SSSR count). The lowest BCUT2D eigenvalue weighted by Gasteiger charge is -2.43. The molecule has 4 aromatic rings. The van der Waals surface area contributed by atoms with E-state index in [2.05, 4.69) is 15.3 Å². The molecule has 4 heterocycles. The summed E-state index contributed by atoms with van der Waals surface area (Å²) in [5, 5.41) is 14.9.